The van der Waals surface area contributed by atoms with Gasteiger partial charge in [0.1, 0.15) is 0 Å². The van der Waals surface area contributed by atoms with Crippen molar-refractivity contribution < 1.29 is 14.3 Å². The van der Waals surface area contributed by atoms with Gasteiger partial charge in [0.2, 0.25) is 0 Å². The third-order valence-electron chi connectivity index (χ3n) is 3.24. The highest BCUT2D eigenvalue weighted by Crippen LogP contribution is 2.29. The number of rotatable bonds is 5. The van der Waals surface area contributed by atoms with Crippen LogP contribution in [0, 0.1) is 0 Å². The third kappa shape index (κ3) is 4.40. The highest BCUT2D eigenvalue weighted by molar-refractivity contribution is 6.44. The van der Waals surface area contributed by atoms with Crippen molar-refractivity contribution in [3.8, 4) is 0 Å². The summed E-state index contributed by atoms with van der Waals surface area (Å²) < 4.78 is 5.26. The first-order valence-corrected chi connectivity index (χ1v) is 7.99. The van der Waals surface area contributed by atoms with E-state index >= 15 is 0 Å². The zero-order chi connectivity index (χ0) is 17.7. The van der Waals surface area contributed by atoms with Crippen molar-refractivity contribution >= 4 is 46.5 Å². The largest absolute Gasteiger partial charge is 0.449 e. The average molecular weight is 367 g/mol. The maximum Gasteiger partial charge on any atom is 0.338 e. The summed E-state index contributed by atoms with van der Waals surface area (Å²) in [6.45, 7) is 1.73. The lowest BCUT2D eigenvalue weighted by atomic mass is 10.2. The molecule has 0 saturated heterocycles. The van der Waals surface area contributed by atoms with Gasteiger partial charge in [0.25, 0.3) is 5.91 Å². The first kappa shape index (κ1) is 18.1. The van der Waals surface area contributed by atoms with Crippen molar-refractivity contribution in [3.05, 3.63) is 58.1 Å². The summed E-state index contributed by atoms with van der Waals surface area (Å²) >= 11 is 11.9. The molecule has 3 N–H and O–H groups in total. The molecule has 2 aromatic rings. The zero-order valence-corrected chi connectivity index (χ0v) is 14.4. The Morgan fingerprint density at radius 2 is 1.92 bits per heavy atom. The molecule has 24 heavy (non-hydrogen) atoms. The van der Waals surface area contributed by atoms with Crippen LogP contribution in [0.2, 0.25) is 10.0 Å². The Balaban J connectivity index is 2.09. The molecule has 0 aromatic heterocycles. The van der Waals surface area contributed by atoms with Gasteiger partial charge in [0.15, 0.2) is 6.10 Å². The van der Waals surface area contributed by atoms with Crippen molar-refractivity contribution in [1.82, 2.24) is 0 Å². The zero-order valence-electron chi connectivity index (χ0n) is 12.9. The van der Waals surface area contributed by atoms with Crippen LogP contribution in [0.5, 0.6) is 0 Å². The number of anilines is 2. The Labute approximate surface area is 149 Å². The van der Waals surface area contributed by atoms with E-state index in [-0.39, 0.29) is 10.6 Å². The van der Waals surface area contributed by atoms with Crippen LogP contribution in [0.3, 0.4) is 0 Å². The molecule has 0 radical (unpaired) electrons. The predicted octanol–water partition coefficient (Wildman–Crippen LogP) is 4.15. The lowest BCUT2D eigenvalue weighted by Gasteiger charge is -2.17. The summed E-state index contributed by atoms with van der Waals surface area (Å²) in [5.74, 6) is -1.11. The number of carbonyl (C=O) groups is 2. The van der Waals surface area contributed by atoms with E-state index in [0.717, 1.165) is 0 Å². The van der Waals surface area contributed by atoms with Gasteiger partial charge in [0.05, 0.1) is 21.3 Å². The molecule has 0 spiro atoms. The van der Waals surface area contributed by atoms with E-state index < -0.39 is 18.0 Å². The summed E-state index contributed by atoms with van der Waals surface area (Å²) in [6.07, 6.45) is -0.660. The first-order valence-electron chi connectivity index (χ1n) is 7.23. The number of esters is 1. The van der Waals surface area contributed by atoms with Crippen molar-refractivity contribution in [3.63, 3.8) is 0 Å². The number of halogens is 2. The Morgan fingerprint density at radius 3 is 2.58 bits per heavy atom. The van der Waals surface area contributed by atoms with Gasteiger partial charge in [-0.2, -0.15) is 0 Å². The van der Waals surface area contributed by atoms with Crippen molar-refractivity contribution in [2.45, 2.75) is 19.4 Å². The number of hydrogen-bond donors (Lipinski definition) is 2. The lowest BCUT2D eigenvalue weighted by Crippen LogP contribution is -2.32. The molecule has 2 rings (SSSR count). The smallest absolute Gasteiger partial charge is 0.338 e. The molecule has 1 unspecified atom stereocenters. The van der Waals surface area contributed by atoms with Crippen LogP contribution in [0.4, 0.5) is 11.4 Å². The second-order valence-electron chi connectivity index (χ2n) is 5.02. The molecule has 2 aromatic carbocycles. The Bertz CT molecular complexity index is 765. The molecule has 0 saturated carbocycles. The quantitative estimate of drug-likeness (QED) is 0.615. The molecule has 5 nitrogen and oxygen atoms in total. The second kappa shape index (κ2) is 8.04. The molecular formula is C17H16Cl2N2O3. The highest BCUT2D eigenvalue weighted by Gasteiger charge is 2.23. The first-order chi connectivity index (χ1) is 11.4. The normalized spacial score (nSPS) is 11.6. The van der Waals surface area contributed by atoms with Crippen LogP contribution in [0.25, 0.3) is 0 Å². The minimum Gasteiger partial charge on any atom is -0.449 e. The second-order valence-corrected chi connectivity index (χ2v) is 5.80. The van der Waals surface area contributed by atoms with Gasteiger partial charge < -0.3 is 15.8 Å². The predicted molar refractivity (Wildman–Crippen MR) is 95.4 cm³/mol. The molecule has 0 heterocycles. The van der Waals surface area contributed by atoms with E-state index in [9.17, 15) is 9.59 Å². The lowest BCUT2D eigenvalue weighted by molar-refractivity contribution is -0.124. The molecular weight excluding hydrogens is 351 g/mol. The van der Waals surface area contributed by atoms with Gasteiger partial charge in [-0.15, -0.1) is 0 Å². The van der Waals surface area contributed by atoms with Crippen LogP contribution < -0.4 is 11.1 Å². The minimum atomic E-state index is -0.964. The van der Waals surface area contributed by atoms with E-state index in [0.29, 0.717) is 22.8 Å². The average Bonchev–Trinajstić information content (AvgIpc) is 2.56. The van der Waals surface area contributed by atoms with Gasteiger partial charge >= 0.3 is 5.97 Å². The summed E-state index contributed by atoms with van der Waals surface area (Å²) in [5.41, 5.74) is 6.71. The van der Waals surface area contributed by atoms with Gasteiger partial charge in [0, 0.05) is 5.69 Å². The van der Waals surface area contributed by atoms with E-state index in [1.54, 1.807) is 43.3 Å². The number of ether oxygens (including phenoxy) is 1. The van der Waals surface area contributed by atoms with Crippen LogP contribution in [-0.4, -0.2) is 18.0 Å². The van der Waals surface area contributed by atoms with E-state index in [1.165, 1.54) is 6.07 Å². The monoisotopic (exact) mass is 366 g/mol. The molecule has 1 amide bonds. The van der Waals surface area contributed by atoms with Crippen molar-refractivity contribution in [2.24, 2.45) is 0 Å². The van der Waals surface area contributed by atoms with Crippen LogP contribution in [-0.2, 0) is 9.53 Å². The minimum absolute atomic E-state index is 0.226. The van der Waals surface area contributed by atoms with Gasteiger partial charge in [-0.3, -0.25) is 4.79 Å². The Kier molecular flexibility index (Phi) is 6.06. The molecule has 7 heteroatoms. The van der Waals surface area contributed by atoms with E-state index in [4.69, 9.17) is 33.7 Å². The number of amides is 1. The van der Waals surface area contributed by atoms with Crippen LogP contribution >= 0.6 is 23.2 Å². The number of nitrogens with one attached hydrogen (secondary N) is 1. The number of nitrogen functional groups attached to an aromatic ring is 1. The molecule has 0 bridgehead atoms. The van der Waals surface area contributed by atoms with Gasteiger partial charge in [-0.05, 0) is 36.8 Å². The number of nitrogens with two attached hydrogens (primary N) is 1. The van der Waals surface area contributed by atoms with Crippen LogP contribution in [0.15, 0.2) is 42.5 Å². The maximum absolute atomic E-state index is 12.3. The molecule has 126 valence electrons. The number of benzene rings is 2. The summed E-state index contributed by atoms with van der Waals surface area (Å²) in [4.78, 5) is 24.5. The standard InChI is InChI=1S/C17H16Cl2N2O3/c1-2-14(24-17(23)10-5-3-6-11(20)9-10)16(22)21-13-8-4-7-12(18)15(13)19/h3-9,14H,2,20H2,1H3,(H,21,22). The summed E-state index contributed by atoms with van der Waals surface area (Å²) in [7, 11) is 0. The number of hydrogen-bond acceptors (Lipinski definition) is 4. The fourth-order valence-electron chi connectivity index (χ4n) is 2.00. The fraction of sp³-hybridized carbons (Fsp3) is 0.176. The Morgan fingerprint density at radius 1 is 1.21 bits per heavy atom. The molecule has 1 atom stereocenters. The maximum atomic E-state index is 12.3. The molecule has 0 aliphatic carbocycles. The van der Waals surface area contributed by atoms with Gasteiger partial charge in [-0.1, -0.05) is 42.3 Å². The number of carbonyl (C=O) groups excluding carboxylic acids is 2. The van der Waals surface area contributed by atoms with Crippen LogP contribution in [0.1, 0.15) is 23.7 Å². The van der Waals surface area contributed by atoms with E-state index in [1.807, 2.05) is 0 Å². The molecule has 0 aliphatic heterocycles. The highest BCUT2D eigenvalue weighted by atomic mass is 35.5. The Hall–Kier alpha value is -2.24. The summed E-state index contributed by atoms with van der Waals surface area (Å²) in [5, 5.41) is 3.16. The molecule has 0 fully saturated rings. The third-order valence-corrected chi connectivity index (χ3v) is 4.06. The topological polar surface area (TPSA) is 81.4 Å². The summed E-state index contributed by atoms with van der Waals surface area (Å²) in [6, 6.07) is 11.2. The SMILES string of the molecule is CCC(OC(=O)c1cccc(N)c1)C(=O)Nc1cccc(Cl)c1Cl. The fourth-order valence-corrected chi connectivity index (χ4v) is 2.35. The van der Waals surface area contributed by atoms with Crippen molar-refractivity contribution in [1.29, 1.82) is 0 Å². The van der Waals surface area contributed by atoms with Gasteiger partial charge in [-0.25, -0.2) is 4.79 Å². The molecule has 0 aliphatic rings. The van der Waals surface area contributed by atoms with Crippen molar-refractivity contribution in [2.75, 3.05) is 11.1 Å². The van der Waals surface area contributed by atoms with E-state index in [2.05, 4.69) is 5.32 Å².